The molecule has 0 aliphatic carbocycles. The number of phenolic OH excluding ortho intramolecular Hbond substituents is 1. The maximum Gasteiger partial charge on any atom is 0.202 e. The molecule has 1 aromatic carbocycles. The first kappa shape index (κ1) is 11.2. The maximum absolute atomic E-state index is 13.3. The molecule has 0 saturated heterocycles. The quantitative estimate of drug-likeness (QED) is 0.571. The van der Waals surface area contributed by atoms with Crippen molar-refractivity contribution in [3.05, 3.63) is 28.0 Å². The third-order valence-electron chi connectivity index (χ3n) is 1.85. The Labute approximate surface area is 84.1 Å². The lowest BCUT2D eigenvalue weighted by molar-refractivity contribution is 0.388. The molecule has 0 spiro atoms. The Morgan fingerprint density at radius 1 is 1.07 bits per heavy atom. The van der Waals surface area contributed by atoms with Crippen LogP contribution in [0.15, 0.2) is 0 Å². The minimum Gasteiger partial charge on any atom is -0.504 e. The Bertz CT molecular complexity index is 348. The molecule has 0 aliphatic heterocycles. The van der Waals surface area contributed by atoms with E-state index >= 15 is 0 Å². The Hall–Kier alpha value is -0.900. The third kappa shape index (κ3) is 1.54. The fourth-order valence-corrected chi connectivity index (χ4v) is 1.35. The van der Waals surface area contributed by atoms with Gasteiger partial charge in [-0.05, 0) is 5.92 Å². The first-order valence-corrected chi connectivity index (χ1v) is 4.30. The molecule has 0 amide bonds. The van der Waals surface area contributed by atoms with Gasteiger partial charge in [0.25, 0.3) is 0 Å². The van der Waals surface area contributed by atoms with Gasteiger partial charge in [-0.3, -0.25) is 0 Å². The Balaban J connectivity index is 3.60. The Kier molecular flexibility index (Phi) is 2.95. The zero-order chi connectivity index (χ0) is 11.0. The van der Waals surface area contributed by atoms with Gasteiger partial charge < -0.3 is 5.11 Å². The van der Waals surface area contributed by atoms with E-state index in [4.69, 9.17) is 16.7 Å². The van der Waals surface area contributed by atoms with Crippen LogP contribution in [-0.2, 0) is 0 Å². The summed E-state index contributed by atoms with van der Waals surface area (Å²) in [7, 11) is 0. The second-order valence-electron chi connectivity index (χ2n) is 3.17. The number of hydrogen-bond acceptors (Lipinski definition) is 1. The van der Waals surface area contributed by atoms with E-state index in [1.807, 2.05) is 0 Å². The molecule has 5 heteroatoms. The van der Waals surface area contributed by atoms with Crippen molar-refractivity contribution >= 4 is 11.6 Å². The number of phenols is 1. The van der Waals surface area contributed by atoms with E-state index in [0.717, 1.165) is 0 Å². The topological polar surface area (TPSA) is 20.2 Å². The molecule has 0 aromatic heterocycles. The summed E-state index contributed by atoms with van der Waals surface area (Å²) in [6.07, 6.45) is 0. The predicted molar refractivity (Wildman–Crippen MR) is 47.1 cm³/mol. The lowest BCUT2D eigenvalue weighted by Gasteiger charge is -2.12. The highest BCUT2D eigenvalue weighted by atomic mass is 35.5. The van der Waals surface area contributed by atoms with Crippen LogP contribution in [0.5, 0.6) is 5.75 Å². The summed E-state index contributed by atoms with van der Waals surface area (Å²) < 4.78 is 39.0. The zero-order valence-electron chi connectivity index (χ0n) is 7.54. The molecule has 0 heterocycles. The smallest absolute Gasteiger partial charge is 0.202 e. The minimum absolute atomic E-state index is 0.311. The summed E-state index contributed by atoms with van der Waals surface area (Å²) in [5.74, 6) is -5.69. The van der Waals surface area contributed by atoms with E-state index in [2.05, 4.69) is 0 Å². The van der Waals surface area contributed by atoms with E-state index in [1.165, 1.54) is 13.8 Å². The van der Waals surface area contributed by atoms with E-state index in [0.29, 0.717) is 0 Å². The lowest BCUT2D eigenvalue weighted by atomic mass is 10.0. The standard InChI is InChI=1S/C9H8ClF3O/c1-3(2)4-6(11)5(10)7(12)8(13)9(4)14/h3,14H,1-2H3. The molecule has 1 nitrogen and oxygen atoms in total. The molecule has 0 saturated carbocycles. The highest BCUT2D eigenvalue weighted by Crippen LogP contribution is 2.36. The first-order chi connectivity index (χ1) is 6.37. The van der Waals surface area contributed by atoms with Gasteiger partial charge in [0.2, 0.25) is 5.82 Å². The number of rotatable bonds is 1. The van der Waals surface area contributed by atoms with Crippen LogP contribution in [0, 0.1) is 17.5 Å². The summed E-state index contributed by atoms with van der Waals surface area (Å²) in [5, 5.41) is 8.21. The van der Waals surface area contributed by atoms with Crippen molar-refractivity contribution in [1.29, 1.82) is 0 Å². The molecule has 0 atom stereocenters. The highest BCUT2D eigenvalue weighted by Gasteiger charge is 2.24. The molecule has 0 bridgehead atoms. The van der Waals surface area contributed by atoms with E-state index < -0.39 is 34.1 Å². The Morgan fingerprint density at radius 2 is 1.57 bits per heavy atom. The minimum atomic E-state index is -1.56. The molecular weight excluding hydrogens is 217 g/mol. The van der Waals surface area contributed by atoms with Crippen molar-refractivity contribution in [1.82, 2.24) is 0 Å². The van der Waals surface area contributed by atoms with Gasteiger partial charge in [0.1, 0.15) is 5.02 Å². The van der Waals surface area contributed by atoms with Crippen LogP contribution in [0.3, 0.4) is 0 Å². The van der Waals surface area contributed by atoms with Gasteiger partial charge >= 0.3 is 0 Å². The van der Waals surface area contributed by atoms with E-state index in [9.17, 15) is 13.2 Å². The van der Waals surface area contributed by atoms with Crippen LogP contribution < -0.4 is 0 Å². The van der Waals surface area contributed by atoms with Crippen LogP contribution >= 0.6 is 11.6 Å². The molecule has 0 radical (unpaired) electrons. The molecular formula is C9H8ClF3O. The molecule has 14 heavy (non-hydrogen) atoms. The summed E-state index contributed by atoms with van der Waals surface area (Å²) in [6, 6.07) is 0. The summed E-state index contributed by atoms with van der Waals surface area (Å²) >= 11 is 5.20. The van der Waals surface area contributed by atoms with Gasteiger partial charge in [-0.25, -0.2) is 8.78 Å². The van der Waals surface area contributed by atoms with Crippen molar-refractivity contribution in [3.8, 4) is 5.75 Å². The number of hydrogen-bond donors (Lipinski definition) is 1. The van der Waals surface area contributed by atoms with Crippen molar-refractivity contribution in [2.24, 2.45) is 0 Å². The van der Waals surface area contributed by atoms with Gasteiger partial charge in [-0.15, -0.1) is 0 Å². The van der Waals surface area contributed by atoms with Gasteiger partial charge in [-0.2, -0.15) is 4.39 Å². The molecule has 1 rings (SSSR count). The summed E-state index contributed by atoms with van der Waals surface area (Å²) in [5.41, 5.74) is -0.311. The van der Waals surface area contributed by atoms with Crippen molar-refractivity contribution < 1.29 is 18.3 Å². The third-order valence-corrected chi connectivity index (χ3v) is 2.19. The molecule has 78 valence electrons. The first-order valence-electron chi connectivity index (χ1n) is 3.92. The molecule has 1 aromatic rings. The van der Waals surface area contributed by atoms with Crippen molar-refractivity contribution in [3.63, 3.8) is 0 Å². The highest BCUT2D eigenvalue weighted by molar-refractivity contribution is 6.31. The van der Waals surface area contributed by atoms with Crippen molar-refractivity contribution in [2.45, 2.75) is 19.8 Å². The molecule has 0 fully saturated rings. The van der Waals surface area contributed by atoms with Crippen LogP contribution in [0.4, 0.5) is 13.2 Å². The lowest BCUT2D eigenvalue weighted by Crippen LogP contribution is -2.01. The SMILES string of the molecule is CC(C)c1c(O)c(F)c(F)c(Cl)c1F. The number of halogens is 4. The van der Waals surface area contributed by atoms with Crippen LogP contribution in [-0.4, -0.2) is 5.11 Å². The molecule has 1 N–H and O–H groups in total. The fraction of sp³-hybridized carbons (Fsp3) is 0.333. The molecule has 0 unspecified atom stereocenters. The van der Waals surface area contributed by atoms with Gasteiger partial charge in [0.15, 0.2) is 17.4 Å². The van der Waals surface area contributed by atoms with Crippen LogP contribution in [0.25, 0.3) is 0 Å². The van der Waals surface area contributed by atoms with Gasteiger partial charge in [-0.1, -0.05) is 25.4 Å². The summed E-state index contributed by atoms with van der Waals surface area (Å²) in [6.45, 7) is 3.07. The van der Waals surface area contributed by atoms with Crippen molar-refractivity contribution in [2.75, 3.05) is 0 Å². The van der Waals surface area contributed by atoms with Crippen LogP contribution in [0.1, 0.15) is 25.3 Å². The average molecular weight is 225 g/mol. The number of benzene rings is 1. The van der Waals surface area contributed by atoms with Crippen LogP contribution in [0.2, 0.25) is 5.02 Å². The predicted octanol–water partition coefficient (Wildman–Crippen LogP) is 3.59. The fourth-order valence-electron chi connectivity index (χ4n) is 1.16. The molecule has 0 aliphatic rings. The van der Waals surface area contributed by atoms with Gasteiger partial charge in [0.05, 0.1) is 0 Å². The largest absolute Gasteiger partial charge is 0.504 e. The Morgan fingerprint density at radius 3 is 2.00 bits per heavy atom. The normalized spacial score (nSPS) is 11.1. The second kappa shape index (κ2) is 3.69. The maximum atomic E-state index is 13.3. The summed E-state index contributed by atoms with van der Waals surface area (Å²) in [4.78, 5) is 0. The van der Waals surface area contributed by atoms with E-state index in [1.54, 1.807) is 0 Å². The monoisotopic (exact) mass is 224 g/mol. The second-order valence-corrected chi connectivity index (χ2v) is 3.55. The van der Waals surface area contributed by atoms with E-state index in [-0.39, 0.29) is 5.56 Å². The average Bonchev–Trinajstić information content (AvgIpc) is 2.11. The van der Waals surface area contributed by atoms with Gasteiger partial charge in [0, 0.05) is 5.56 Å². The zero-order valence-corrected chi connectivity index (χ0v) is 8.29. The number of aromatic hydroxyl groups is 1.